The largest absolute Gasteiger partial charge is 0.317 e. The van der Waals surface area contributed by atoms with Crippen LogP contribution in [-0.2, 0) is 10.0 Å². The molecular weight excluding hydrogens is 280 g/mol. The van der Waals surface area contributed by atoms with Crippen LogP contribution in [0.2, 0.25) is 0 Å². The molecule has 2 N–H and O–H groups in total. The molecule has 0 saturated carbocycles. The van der Waals surface area contributed by atoms with E-state index in [1.54, 1.807) is 11.3 Å². The lowest BCUT2D eigenvalue weighted by Gasteiger charge is -2.12. The predicted molar refractivity (Wildman–Crippen MR) is 82.2 cm³/mol. The van der Waals surface area contributed by atoms with Gasteiger partial charge in [-0.3, -0.25) is 0 Å². The quantitative estimate of drug-likeness (QED) is 0.689. The standard InChI is InChI=1S/C13H24N2O2S2/c1-4-8-14-9-5-10-19(16,17)15-12(3)13-7-6-11(2)18-13/h6-7,12,14-15H,4-5,8-10H2,1-3H3. The molecule has 0 bridgehead atoms. The summed E-state index contributed by atoms with van der Waals surface area (Å²) in [6.07, 6.45) is 1.71. The first-order chi connectivity index (χ1) is 8.94. The molecule has 0 fully saturated rings. The molecule has 1 aromatic heterocycles. The van der Waals surface area contributed by atoms with E-state index in [-0.39, 0.29) is 11.8 Å². The molecule has 1 heterocycles. The second-order valence-corrected chi connectivity index (χ2v) is 7.90. The average Bonchev–Trinajstić information content (AvgIpc) is 2.75. The summed E-state index contributed by atoms with van der Waals surface area (Å²) in [5.74, 6) is 0.179. The fourth-order valence-electron chi connectivity index (χ4n) is 1.76. The zero-order chi connectivity index (χ0) is 14.3. The summed E-state index contributed by atoms with van der Waals surface area (Å²) >= 11 is 1.63. The maximum Gasteiger partial charge on any atom is 0.212 e. The van der Waals surface area contributed by atoms with Crippen LogP contribution in [0.4, 0.5) is 0 Å². The van der Waals surface area contributed by atoms with Gasteiger partial charge >= 0.3 is 0 Å². The molecule has 1 unspecified atom stereocenters. The van der Waals surface area contributed by atoms with Crippen LogP contribution in [0.1, 0.15) is 42.5 Å². The number of rotatable bonds is 9. The zero-order valence-corrected chi connectivity index (χ0v) is 13.5. The lowest BCUT2D eigenvalue weighted by atomic mass is 10.3. The maximum atomic E-state index is 11.9. The van der Waals surface area contributed by atoms with E-state index in [9.17, 15) is 8.42 Å². The molecule has 0 aromatic carbocycles. The highest BCUT2D eigenvalue weighted by Gasteiger charge is 2.16. The Balaban J connectivity index is 2.37. The van der Waals surface area contributed by atoms with E-state index < -0.39 is 10.0 Å². The van der Waals surface area contributed by atoms with Crippen LogP contribution in [-0.4, -0.2) is 27.3 Å². The minimum atomic E-state index is -3.19. The molecule has 6 heteroatoms. The van der Waals surface area contributed by atoms with E-state index in [0.717, 1.165) is 24.4 Å². The second-order valence-electron chi connectivity index (χ2n) is 4.71. The van der Waals surface area contributed by atoms with Crippen molar-refractivity contribution in [1.29, 1.82) is 0 Å². The highest BCUT2D eigenvalue weighted by Crippen LogP contribution is 2.22. The third-order valence-corrected chi connectivity index (χ3v) is 5.46. The van der Waals surface area contributed by atoms with Crippen molar-refractivity contribution in [3.05, 3.63) is 21.9 Å². The molecule has 0 aliphatic rings. The van der Waals surface area contributed by atoms with Crippen LogP contribution >= 0.6 is 11.3 Å². The molecule has 0 aliphatic carbocycles. The zero-order valence-electron chi connectivity index (χ0n) is 11.9. The van der Waals surface area contributed by atoms with Gasteiger partial charge in [0.05, 0.1) is 11.8 Å². The molecule has 0 aliphatic heterocycles. The van der Waals surface area contributed by atoms with Crippen molar-refractivity contribution < 1.29 is 8.42 Å². The molecule has 1 aromatic rings. The number of hydrogen-bond donors (Lipinski definition) is 2. The summed E-state index contributed by atoms with van der Waals surface area (Å²) in [6.45, 7) is 7.70. The number of aryl methyl sites for hydroxylation is 1. The first-order valence-electron chi connectivity index (χ1n) is 6.71. The Hall–Kier alpha value is -0.430. The van der Waals surface area contributed by atoms with Gasteiger partial charge in [-0.1, -0.05) is 6.92 Å². The maximum absolute atomic E-state index is 11.9. The van der Waals surface area contributed by atoms with Gasteiger partial charge in [0.15, 0.2) is 0 Å². The molecule has 0 spiro atoms. The van der Waals surface area contributed by atoms with E-state index in [1.807, 2.05) is 26.0 Å². The fourth-order valence-corrected chi connectivity index (χ4v) is 4.02. The summed E-state index contributed by atoms with van der Waals surface area (Å²) in [7, 11) is -3.19. The minimum absolute atomic E-state index is 0.146. The van der Waals surface area contributed by atoms with E-state index in [1.165, 1.54) is 4.88 Å². The van der Waals surface area contributed by atoms with Gasteiger partial charge in [-0.15, -0.1) is 11.3 Å². The first-order valence-corrected chi connectivity index (χ1v) is 9.18. The van der Waals surface area contributed by atoms with Gasteiger partial charge in [-0.25, -0.2) is 13.1 Å². The van der Waals surface area contributed by atoms with E-state index in [2.05, 4.69) is 17.0 Å². The van der Waals surface area contributed by atoms with Crippen molar-refractivity contribution >= 4 is 21.4 Å². The normalized spacial score (nSPS) is 13.6. The summed E-state index contributed by atoms with van der Waals surface area (Å²) in [5.41, 5.74) is 0. The van der Waals surface area contributed by atoms with Crippen molar-refractivity contribution in [2.75, 3.05) is 18.8 Å². The van der Waals surface area contributed by atoms with Gasteiger partial charge in [0.2, 0.25) is 10.0 Å². The van der Waals surface area contributed by atoms with Crippen molar-refractivity contribution in [2.24, 2.45) is 0 Å². The summed E-state index contributed by atoms with van der Waals surface area (Å²) < 4.78 is 26.6. The second kappa shape index (κ2) is 7.99. The SMILES string of the molecule is CCCNCCCS(=O)(=O)NC(C)c1ccc(C)s1. The average molecular weight is 304 g/mol. The molecule has 0 amide bonds. The van der Waals surface area contributed by atoms with E-state index >= 15 is 0 Å². The number of nitrogens with one attached hydrogen (secondary N) is 2. The van der Waals surface area contributed by atoms with Crippen LogP contribution in [0.3, 0.4) is 0 Å². The Morgan fingerprint density at radius 1 is 1.32 bits per heavy atom. The molecule has 1 atom stereocenters. The smallest absolute Gasteiger partial charge is 0.212 e. The Bertz CT molecular complexity index is 469. The summed E-state index contributed by atoms with van der Waals surface area (Å²) in [6, 6.07) is 3.85. The Morgan fingerprint density at radius 2 is 2.05 bits per heavy atom. The minimum Gasteiger partial charge on any atom is -0.317 e. The van der Waals surface area contributed by atoms with Crippen LogP contribution in [0.25, 0.3) is 0 Å². The van der Waals surface area contributed by atoms with E-state index in [0.29, 0.717) is 6.42 Å². The third kappa shape index (κ3) is 6.51. The molecule has 110 valence electrons. The van der Waals surface area contributed by atoms with E-state index in [4.69, 9.17) is 0 Å². The number of thiophene rings is 1. The van der Waals surface area contributed by atoms with Gasteiger partial charge in [-0.2, -0.15) is 0 Å². The Morgan fingerprint density at radius 3 is 2.63 bits per heavy atom. The van der Waals surface area contributed by atoms with Crippen LogP contribution < -0.4 is 10.0 Å². The van der Waals surface area contributed by atoms with Crippen LogP contribution in [0.5, 0.6) is 0 Å². The topological polar surface area (TPSA) is 58.2 Å². The van der Waals surface area contributed by atoms with Gasteiger partial charge in [0.25, 0.3) is 0 Å². The Labute approximate surface area is 120 Å². The predicted octanol–water partition coefficient (Wildman–Crippen LogP) is 2.43. The van der Waals surface area contributed by atoms with Crippen molar-refractivity contribution in [2.45, 2.75) is 39.7 Å². The molecular formula is C13H24N2O2S2. The summed E-state index contributed by atoms with van der Waals surface area (Å²) in [4.78, 5) is 2.26. The van der Waals surface area contributed by atoms with Gasteiger partial charge in [0, 0.05) is 9.75 Å². The van der Waals surface area contributed by atoms with Gasteiger partial charge < -0.3 is 5.32 Å². The molecule has 19 heavy (non-hydrogen) atoms. The van der Waals surface area contributed by atoms with Crippen molar-refractivity contribution in [1.82, 2.24) is 10.0 Å². The number of hydrogen-bond acceptors (Lipinski definition) is 4. The first kappa shape index (κ1) is 16.6. The van der Waals surface area contributed by atoms with Crippen molar-refractivity contribution in [3.8, 4) is 0 Å². The molecule has 0 saturated heterocycles. The summed E-state index contributed by atoms with van der Waals surface area (Å²) in [5, 5.41) is 3.21. The van der Waals surface area contributed by atoms with Crippen LogP contribution in [0.15, 0.2) is 12.1 Å². The van der Waals surface area contributed by atoms with Crippen LogP contribution in [0, 0.1) is 6.92 Å². The highest BCUT2D eigenvalue weighted by atomic mass is 32.2. The molecule has 0 radical (unpaired) electrons. The van der Waals surface area contributed by atoms with Crippen molar-refractivity contribution in [3.63, 3.8) is 0 Å². The highest BCUT2D eigenvalue weighted by molar-refractivity contribution is 7.89. The number of sulfonamides is 1. The lowest BCUT2D eigenvalue weighted by molar-refractivity contribution is 0.562. The third-order valence-electron chi connectivity index (χ3n) is 2.74. The van der Waals surface area contributed by atoms with Gasteiger partial charge in [-0.05, 0) is 51.9 Å². The lowest BCUT2D eigenvalue weighted by Crippen LogP contribution is -2.30. The monoisotopic (exact) mass is 304 g/mol. The molecule has 1 rings (SSSR count). The Kier molecular flexibility index (Phi) is 6.99. The fraction of sp³-hybridized carbons (Fsp3) is 0.692. The van der Waals surface area contributed by atoms with Gasteiger partial charge in [0.1, 0.15) is 0 Å². The molecule has 4 nitrogen and oxygen atoms in total.